The topological polar surface area (TPSA) is 67.1 Å². The molecule has 0 aromatic heterocycles. The van der Waals surface area contributed by atoms with Crippen LogP contribution in [-0.4, -0.2) is 31.1 Å². The van der Waals surface area contributed by atoms with Crippen molar-refractivity contribution in [2.24, 2.45) is 5.73 Å². The zero-order valence-electron chi connectivity index (χ0n) is 6.81. The molecule has 1 saturated heterocycles. The van der Waals surface area contributed by atoms with Gasteiger partial charge in [0.2, 0.25) is 5.91 Å². The Kier molecular flexibility index (Phi) is 2.46. The Bertz CT molecular complexity index is 152. The minimum atomic E-state index is -0.293. The number of primary amides is 1. The predicted octanol–water partition coefficient (Wildman–Crippen LogP) is -1.19. The first kappa shape index (κ1) is 8.49. The van der Waals surface area contributed by atoms with Gasteiger partial charge >= 0.3 is 0 Å². The van der Waals surface area contributed by atoms with Crippen LogP contribution in [-0.2, 0) is 4.79 Å². The molecule has 11 heavy (non-hydrogen) atoms. The first-order chi connectivity index (χ1) is 5.12. The van der Waals surface area contributed by atoms with E-state index in [1.54, 1.807) is 0 Å². The summed E-state index contributed by atoms with van der Waals surface area (Å²) >= 11 is 0. The van der Waals surface area contributed by atoms with Gasteiger partial charge in [0.25, 0.3) is 0 Å². The Balaban J connectivity index is 2.28. The molecule has 4 N–H and O–H groups in total. The van der Waals surface area contributed by atoms with Crippen molar-refractivity contribution in [3.63, 3.8) is 0 Å². The van der Waals surface area contributed by atoms with E-state index in [0.29, 0.717) is 0 Å². The molecule has 1 heterocycles. The molecule has 0 radical (unpaired) electrons. The lowest BCUT2D eigenvalue weighted by Gasteiger charge is -2.23. The summed E-state index contributed by atoms with van der Waals surface area (Å²) in [4.78, 5) is 10.4. The third kappa shape index (κ3) is 2.48. The zero-order chi connectivity index (χ0) is 8.32. The molecule has 1 aliphatic rings. The average molecular weight is 157 g/mol. The van der Waals surface area contributed by atoms with Gasteiger partial charge in [-0.3, -0.25) is 4.79 Å². The molecule has 0 aliphatic carbocycles. The fourth-order valence-corrected chi connectivity index (χ4v) is 1.27. The second kappa shape index (κ2) is 3.19. The van der Waals surface area contributed by atoms with Crippen molar-refractivity contribution in [2.45, 2.75) is 18.9 Å². The van der Waals surface area contributed by atoms with Gasteiger partial charge in [0.15, 0.2) is 0 Å². The Morgan fingerprint density at radius 1 is 1.82 bits per heavy atom. The van der Waals surface area contributed by atoms with E-state index in [1.807, 2.05) is 0 Å². The molecule has 0 saturated carbocycles. The highest BCUT2D eigenvalue weighted by molar-refractivity contribution is 5.76. The van der Waals surface area contributed by atoms with Crippen molar-refractivity contribution in [2.75, 3.05) is 19.6 Å². The average Bonchev–Trinajstić information content (AvgIpc) is 2.33. The Hall–Kier alpha value is -0.610. The van der Waals surface area contributed by atoms with Gasteiger partial charge in [-0.1, -0.05) is 0 Å². The number of hydrogen-bond acceptors (Lipinski definition) is 3. The maximum atomic E-state index is 10.4. The fraction of sp³-hybridized carbons (Fsp3) is 0.857. The molecule has 0 aromatic carbocycles. The predicted molar refractivity (Wildman–Crippen MR) is 43.1 cm³/mol. The van der Waals surface area contributed by atoms with Gasteiger partial charge in [0, 0.05) is 12.1 Å². The van der Waals surface area contributed by atoms with E-state index in [-0.39, 0.29) is 18.0 Å². The fourth-order valence-electron chi connectivity index (χ4n) is 1.27. The zero-order valence-corrected chi connectivity index (χ0v) is 6.81. The minimum absolute atomic E-state index is 0.0645. The molecule has 0 bridgehead atoms. The van der Waals surface area contributed by atoms with Crippen molar-refractivity contribution in [3.8, 4) is 0 Å². The van der Waals surface area contributed by atoms with Gasteiger partial charge < -0.3 is 16.4 Å². The summed E-state index contributed by atoms with van der Waals surface area (Å²) in [6, 6.07) is 0. The Labute approximate surface area is 66.5 Å². The number of carbonyl (C=O) groups is 1. The second-order valence-corrected chi connectivity index (χ2v) is 3.31. The van der Waals surface area contributed by atoms with Crippen LogP contribution < -0.4 is 16.4 Å². The lowest BCUT2D eigenvalue weighted by molar-refractivity contribution is -0.117. The normalized spacial score (nSPS) is 30.6. The van der Waals surface area contributed by atoms with E-state index in [4.69, 9.17) is 5.73 Å². The van der Waals surface area contributed by atoms with Crippen LogP contribution in [0, 0.1) is 0 Å². The summed E-state index contributed by atoms with van der Waals surface area (Å²) in [7, 11) is 0. The first-order valence-electron chi connectivity index (χ1n) is 3.86. The van der Waals surface area contributed by atoms with Crippen LogP contribution in [0.2, 0.25) is 0 Å². The van der Waals surface area contributed by atoms with E-state index in [1.165, 1.54) is 0 Å². The molecule has 4 nitrogen and oxygen atoms in total. The molecular formula is C7H15N3O. The number of amides is 1. The SMILES string of the molecule is CC1(NCC(N)=O)CCNC1. The molecule has 4 heteroatoms. The lowest BCUT2D eigenvalue weighted by atomic mass is 10.0. The van der Waals surface area contributed by atoms with Gasteiger partial charge in [-0.15, -0.1) is 0 Å². The largest absolute Gasteiger partial charge is 0.369 e. The van der Waals surface area contributed by atoms with Gasteiger partial charge in [0.1, 0.15) is 0 Å². The highest BCUT2D eigenvalue weighted by atomic mass is 16.1. The summed E-state index contributed by atoms with van der Waals surface area (Å²) < 4.78 is 0. The lowest BCUT2D eigenvalue weighted by Crippen LogP contribution is -2.47. The van der Waals surface area contributed by atoms with Crippen molar-refractivity contribution >= 4 is 5.91 Å². The van der Waals surface area contributed by atoms with Crippen LogP contribution in [0.3, 0.4) is 0 Å². The van der Waals surface area contributed by atoms with E-state index in [9.17, 15) is 4.79 Å². The molecule has 0 spiro atoms. The molecule has 0 aromatic rings. The number of carbonyl (C=O) groups excluding carboxylic acids is 1. The highest BCUT2D eigenvalue weighted by Gasteiger charge is 2.27. The van der Waals surface area contributed by atoms with Crippen molar-refractivity contribution in [1.29, 1.82) is 0 Å². The van der Waals surface area contributed by atoms with Crippen LogP contribution >= 0.6 is 0 Å². The molecule has 1 unspecified atom stereocenters. The molecule has 1 amide bonds. The summed E-state index contributed by atoms with van der Waals surface area (Å²) in [5.41, 5.74) is 5.07. The van der Waals surface area contributed by atoms with Crippen LogP contribution in [0.5, 0.6) is 0 Å². The van der Waals surface area contributed by atoms with Gasteiger partial charge in [-0.05, 0) is 19.9 Å². The number of hydrogen-bond donors (Lipinski definition) is 3. The summed E-state index contributed by atoms with van der Waals surface area (Å²) in [5.74, 6) is -0.293. The highest BCUT2D eigenvalue weighted by Crippen LogP contribution is 2.11. The van der Waals surface area contributed by atoms with E-state index in [2.05, 4.69) is 17.6 Å². The van der Waals surface area contributed by atoms with Crippen LogP contribution in [0.25, 0.3) is 0 Å². The van der Waals surface area contributed by atoms with Crippen molar-refractivity contribution in [3.05, 3.63) is 0 Å². The van der Waals surface area contributed by atoms with Crippen molar-refractivity contribution in [1.82, 2.24) is 10.6 Å². The minimum Gasteiger partial charge on any atom is -0.369 e. The molecule has 1 fully saturated rings. The first-order valence-corrected chi connectivity index (χ1v) is 3.86. The van der Waals surface area contributed by atoms with Crippen LogP contribution in [0.15, 0.2) is 0 Å². The van der Waals surface area contributed by atoms with Gasteiger partial charge in [-0.2, -0.15) is 0 Å². The van der Waals surface area contributed by atoms with Gasteiger partial charge in [0.05, 0.1) is 6.54 Å². The standard InChI is InChI=1S/C7H15N3O/c1-7(2-3-9-5-7)10-4-6(8)11/h9-10H,2-5H2,1H3,(H2,8,11). The van der Waals surface area contributed by atoms with Crippen LogP contribution in [0.4, 0.5) is 0 Å². The Morgan fingerprint density at radius 2 is 2.55 bits per heavy atom. The van der Waals surface area contributed by atoms with E-state index < -0.39 is 0 Å². The van der Waals surface area contributed by atoms with E-state index >= 15 is 0 Å². The monoisotopic (exact) mass is 157 g/mol. The van der Waals surface area contributed by atoms with E-state index in [0.717, 1.165) is 19.5 Å². The number of rotatable bonds is 3. The van der Waals surface area contributed by atoms with Crippen molar-refractivity contribution < 1.29 is 4.79 Å². The molecule has 64 valence electrons. The summed E-state index contributed by atoms with van der Waals surface area (Å²) in [6.45, 7) is 4.30. The third-order valence-electron chi connectivity index (χ3n) is 2.06. The molecule has 1 atom stereocenters. The molecule has 1 rings (SSSR count). The summed E-state index contributed by atoms with van der Waals surface area (Å²) in [6.07, 6.45) is 1.06. The number of nitrogens with one attached hydrogen (secondary N) is 2. The second-order valence-electron chi connectivity index (χ2n) is 3.31. The quantitative estimate of drug-likeness (QED) is 0.483. The molecule has 1 aliphatic heterocycles. The smallest absolute Gasteiger partial charge is 0.231 e. The molecular weight excluding hydrogens is 142 g/mol. The maximum Gasteiger partial charge on any atom is 0.231 e. The number of nitrogens with two attached hydrogens (primary N) is 1. The Morgan fingerprint density at radius 3 is 3.00 bits per heavy atom. The maximum absolute atomic E-state index is 10.4. The summed E-state index contributed by atoms with van der Waals surface area (Å²) in [5, 5.41) is 6.34. The third-order valence-corrected chi connectivity index (χ3v) is 2.06. The van der Waals surface area contributed by atoms with Gasteiger partial charge in [-0.25, -0.2) is 0 Å². The van der Waals surface area contributed by atoms with Crippen LogP contribution in [0.1, 0.15) is 13.3 Å².